The molecule has 0 saturated carbocycles. The van der Waals surface area contributed by atoms with Gasteiger partial charge in [-0.2, -0.15) is 0 Å². The monoisotopic (exact) mass is 917 g/mol. The molecule has 3 aromatic carbocycles. The number of carboxylic acid groups (broad SMARTS) is 1. The van der Waals surface area contributed by atoms with E-state index in [0.29, 0.717) is 16.7 Å². The van der Waals surface area contributed by atoms with Crippen molar-refractivity contribution < 1.29 is 59.1 Å². The Hall–Kier alpha value is -7.76. The molecule has 23 heteroatoms. The molecule has 0 unspecified atom stereocenters. The number of amides is 6. The van der Waals surface area contributed by atoms with Crippen LogP contribution in [-0.4, -0.2) is 140 Å². The number of nitrogens with zero attached hydrogens (tertiary/aromatic N) is 1. The van der Waals surface area contributed by atoms with E-state index in [1.807, 2.05) is 0 Å². The van der Waals surface area contributed by atoms with Crippen molar-refractivity contribution in [2.45, 2.75) is 68.4 Å². The second-order valence-electron chi connectivity index (χ2n) is 15.1. The Balaban J connectivity index is 1.63. The molecule has 4 rings (SSSR count). The number of phenolic OH excluding ortho intramolecular Hbond substituents is 2. The van der Waals surface area contributed by atoms with Gasteiger partial charge in [0.1, 0.15) is 54.3 Å². The van der Waals surface area contributed by atoms with Crippen LogP contribution < -0.4 is 49.1 Å². The van der Waals surface area contributed by atoms with Crippen LogP contribution in [0, 0.1) is 0 Å². The first-order valence-electron chi connectivity index (χ1n) is 20.6. The number of para-hydroxylation sites is 1. The first kappa shape index (κ1) is 50.9. The maximum atomic E-state index is 14.4. The number of rotatable bonds is 25. The van der Waals surface area contributed by atoms with Gasteiger partial charge < -0.3 is 79.6 Å². The van der Waals surface area contributed by atoms with Crippen LogP contribution in [0.5, 0.6) is 11.5 Å². The van der Waals surface area contributed by atoms with Crippen molar-refractivity contribution in [3.8, 4) is 11.5 Å². The molecule has 0 fully saturated rings. The van der Waals surface area contributed by atoms with Gasteiger partial charge in [0.05, 0.1) is 13.2 Å². The number of aromatic amines is 1. The summed E-state index contributed by atoms with van der Waals surface area (Å²) in [6.07, 6.45) is 1.13. The first-order valence-corrected chi connectivity index (χ1v) is 20.6. The molecule has 1 aromatic heterocycles. The summed E-state index contributed by atoms with van der Waals surface area (Å²) in [5.41, 5.74) is 18.6. The second-order valence-corrected chi connectivity index (χ2v) is 15.1. The lowest BCUT2D eigenvalue weighted by Crippen LogP contribution is -2.61. The summed E-state index contributed by atoms with van der Waals surface area (Å²) >= 11 is 0. The lowest BCUT2D eigenvalue weighted by Gasteiger charge is -2.27. The third kappa shape index (κ3) is 15.8. The zero-order valence-corrected chi connectivity index (χ0v) is 35.6. The van der Waals surface area contributed by atoms with Crippen LogP contribution in [0.2, 0.25) is 0 Å². The van der Waals surface area contributed by atoms with E-state index in [0.717, 1.165) is 10.9 Å². The van der Waals surface area contributed by atoms with E-state index in [4.69, 9.17) is 17.2 Å². The number of nitrogens with two attached hydrogens (primary N) is 3. The summed E-state index contributed by atoms with van der Waals surface area (Å²) in [6, 6.07) is 9.58. The Morgan fingerprint density at radius 2 is 1.09 bits per heavy atom. The molecule has 0 radical (unpaired) electrons. The molecule has 0 spiro atoms. The molecule has 0 bridgehead atoms. The van der Waals surface area contributed by atoms with Gasteiger partial charge >= 0.3 is 5.97 Å². The number of guanidine groups is 1. The Bertz CT molecular complexity index is 2340. The van der Waals surface area contributed by atoms with Crippen molar-refractivity contribution in [3.05, 3.63) is 95.7 Å². The van der Waals surface area contributed by atoms with Gasteiger partial charge in [0, 0.05) is 42.9 Å². The number of carboxylic acids is 1. The first-order chi connectivity index (χ1) is 31.5. The van der Waals surface area contributed by atoms with Gasteiger partial charge in [0.15, 0.2) is 5.96 Å². The van der Waals surface area contributed by atoms with E-state index in [2.05, 4.69) is 41.9 Å². The smallest absolute Gasteiger partial charge is 0.322 e. The van der Waals surface area contributed by atoms with Gasteiger partial charge in [-0.3, -0.25) is 38.6 Å². The molecule has 0 aliphatic carbocycles. The molecule has 0 aliphatic heterocycles. The zero-order chi connectivity index (χ0) is 48.3. The highest BCUT2D eigenvalue weighted by Gasteiger charge is 2.33. The number of carbonyl (C=O) groups is 7. The van der Waals surface area contributed by atoms with Crippen LogP contribution in [0.4, 0.5) is 0 Å². The number of hydrogen-bond acceptors (Lipinski definition) is 13. The number of aliphatic carboxylic acids is 1. The third-order valence-corrected chi connectivity index (χ3v) is 10.1. The van der Waals surface area contributed by atoms with Gasteiger partial charge in [-0.15, -0.1) is 0 Å². The molecule has 66 heavy (non-hydrogen) atoms. The van der Waals surface area contributed by atoms with Crippen molar-refractivity contribution >= 4 is 58.3 Å². The maximum absolute atomic E-state index is 14.4. The number of aliphatic hydroxyl groups is 2. The Morgan fingerprint density at radius 1 is 0.606 bits per heavy atom. The van der Waals surface area contributed by atoms with Crippen LogP contribution in [0.25, 0.3) is 10.9 Å². The molecule has 18 N–H and O–H groups in total. The fourth-order valence-electron chi connectivity index (χ4n) is 6.59. The normalized spacial score (nSPS) is 13.7. The standard InChI is InChI=1S/C43H55N11O12/c44-29(21-55)37(61)50-31(6-3-15-47-43(45)46)39(63)54-35(22-56)42(66)52-33(17-24-9-13-27(58)14-10-24)40(64)51-32(16-23-7-11-26(57)12-8-23)41(65)53-34(38(62)49-20-36(59)60)18-25-19-48-30-5-2-1-4-28(25)30/h1-2,4-5,7-14,19,29,31-35,48,55-58H,3,6,15-18,20-22,44H2,(H,49,62)(H,50,61)(H,51,64)(H,52,66)(H,53,65)(H,54,63)(H,59,60)(H4,45,46,47)/t29-,31-,32-,33-,34-,35-/m0/s1. The van der Waals surface area contributed by atoms with Gasteiger partial charge in [-0.05, 0) is 59.9 Å². The van der Waals surface area contributed by atoms with Gasteiger partial charge in [-0.25, -0.2) is 0 Å². The SMILES string of the molecule is NC(N)=NCCC[C@H](NC(=O)[C@@H](N)CO)C(=O)N[C@@H](CO)C(=O)N[C@@H](Cc1ccc(O)cc1)C(=O)N[C@@H](Cc1ccc(O)cc1)C(=O)N[C@@H](Cc1c[nH]c2ccccc12)C(=O)NCC(=O)O. The number of H-pyrrole nitrogens is 1. The van der Waals surface area contributed by atoms with Crippen molar-refractivity contribution in [3.63, 3.8) is 0 Å². The molecule has 354 valence electrons. The average molecular weight is 918 g/mol. The van der Waals surface area contributed by atoms with Crippen LogP contribution in [0.1, 0.15) is 29.5 Å². The van der Waals surface area contributed by atoms with E-state index >= 15 is 0 Å². The summed E-state index contributed by atoms with van der Waals surface area (Å²) in [5.74, 6) is -7.36. The number of hydrogen-bond donors (Lipinski definition) is 15. The number of aromatic nitrogens is 1. The largest absolute Gasteiger partial charge is 0.508 e. The number of aromatic hydroxyl groups is 2. The van der Waals surface area contributed by atoms with Crippen LogP contribution in [-0.2, 0) is 52.8 Å². The Morgan fingerprint density at radius 3 is 1.61 bits per heavy atom. The van der Waals surface area contributed by atoms with E-state index in [1.165, 1.54) is 48.5 Å². The molecule has 6 amide bonds. The van der Waals surface area contributed by atoms with Gasteiger partial charge in [-0.1, -0.05) is 42.5 Å². The summed E-state index contributed by atoms with van der Waals surface area (Å²) in [4.78, 5) is 100. The highest BCUT2D eigenvalue weighted by molar-refractivity contribution is 5.97. The van der Waals surface area contributed by atoms with E-state index in [1.54, 1.807) is 30.5 Å². The highest BCUT2D eigenvalue weighted by atomic mass is 16.4. The summed E-state index contributed by atoms with van der Waals surface area (Å²) in [5, 5.41) is 64.3. The lowest BCUT2D eigenvalue weighted by molar-refractivity contribution is -0.138. The molecule has 0 aliphatic rings. The molecule has 1 heterocycles. The van der Waals surface area contributed by atoms with E-state index < -0.39 is 97.4 Å². The molecule has 23 nitrogen and oxygen atoms in total. The van der Waals surface area contributed by atoms with Gasteiger partial charge in [0.2, 0.25) is 35.4 Å². The maximum Gasteiger partial charge on any atom is 0.322 e. The number of carbonyl (C=O) groups excluding carboxylic acids is 6. The predicted molar refractivity (Wildman–Crippen MR) is 238 cm³/mol. The number of benzene rings is 3. The van der Waals surface area contributed by atoms with Crippen molar-refractivity contribution in [1.29, 1.82) is 0 Å². The zero-order valence-electron chi connectivity index (χ0n) is 35.6. The fraction of sp³-hybridized carbons (Fsp3) is 0.349. The Kier molecular flexibility index (Phi) is 19.2. The molecule has 4 aromatic rings. The minimum Gasteiger partial charge on any atom is -0.508 e. The van der Waals surface area contributed by atoms with Crippen molar-refractivity contribution in [1.82, 2.24) is 36.9 Å². The van der Waals surface area contributed by atoms with E-state index in [-0.39, 0.29) is 56.1 Å². The topological polar surface area (TPSA) is 399 Å². The lowest BCUT2D eigenvalue weighted by atomic mass is 10.0. The number of fused-ring (bicyclic) bond motifs is 1. The second kappa shape index (κ2) is 24.9. The fourth-order valence-corrected chi connectivity index (χ4v) is 6.59. The number of aliphatic hydroxyl groups excluding tert-OH is 2. The van der Waals surface area contributed by atoms with Crippen LogP contribution >= 0.6 is 0 Å². The molecule has 6 atom stereocenters. The average Bonchev–Trinajstić information content (AvgIpc) is 3.70. The molecular formula is C43H55N11O12. The van der Waals surface area contributed by atoms with Crippen LogP contribution in [0.15, 0.2) is 84.0 Å². The summed E-state index contributed by atoms with van der Waals surface area (Å²) in [6.45, 7) is -2.44. The molecule has 0 saturated heterocycles. The minimum absolute atomic E-state index is 0.0560. The third-order valence-electron chi connectivity index (χ3n) is 10.1. The molecular weight excluding hydrogens is 863 g/mol. The van der Waals surface area contributed by atoms with Crippen molar-refractivity contribution in [2.24, 2.45) is 22.2 Å². The number of nitrogens with one attached hydrogen (secondary N) is 7. The van der Waals surface area contributed by atoms with Crippen LogP contribution in [0.3, 0.4) is 0 Å². The predicted octanol–water partition coefficient (Wildman–Crippen LogP) is -3.40. The summed E-state index contributed by atoms with van der Waals surface area (Å²) < 4.78 is 0. The van der Waals surface area contributed by atoms with E-state index in [9.17, 15) is 59.1 Å². The Labute approximate surface area is 377 Å². The highest BCUT2D eigenvalue weighted by Crippen LogP contribution is 2.20. The summed E-state index contributed by atoms with van der Waals surface area (Å²) in [7, 11) is 0. The quantitative estimate of drug-likeness (QED) is 0.0175. The minimum atomic E-state index is -1.72. The number of phenols is 2. The number of aliphatic imine (C=N–C) groups is 1. The van der Waals surface area contributed by atoms with Crippen molar-refractivity contribution in [2.75, 3.05) is 26.3 Å². The van der Waals surface area contributed by atoms with Gasteiger partial charge in [0.25, 0.3) is 0 Å².